The summed E-state index contributed by atoms with van der Waals surface area (Å²) in [6.45, 7) is 0.814. The molecule has 0 aromatic heterocycles. The molecule has 1 saturated heterocycles. The largest absolute Gasteiger partial charge is 0.405 e. The molecule has 110 valence electrons. The van der Waals surface area contributed by atoms with Crippen LogP contribution in [0.5, 0.6) is 0 Å². The molecule has 2 rings (SSSR count). The number of likely N-dealkylation sites (tertiary alicyclic amines) is 1. The summed E-state index contributed by atoms with van der Waals surface area (Å²) in [4.78, 5) is 13.0. The van der Waals surface area contributed by atoms with Crippen LogP contribution >= 0.6 is 0 Å². The molecule has 0 atom stereocenters. The number of alkyl halides is 3. The van der Waals surface area contributed by atoms with E-state index < -0.39 is 18.8 Å². The number of piperidine rings is 1. The third-order valence-corrected chi connectivity index (χ3v) is 3.61. The van der Waals surface area contributed by atoms with E-state index in [1.165, 1.54) is 17.7 Å². The number of rotatable bonds is 4. The number of amides is 2. The highest BCUT2D eigenvalue weighted by atomic mass is 19.4. The number of nitrogens with one attached hydrogen (secondary N) is 2. The van der Waals surface area contributed by atoms with E-state index in [1.54, 1.807) is 0 Å². The van der Waals surface area contributed by atoms with Crippen molar-refractivity contribution < 1.29 is 18.0 Å². The Bertz CT molecular complexity index is 310. The minimum Gasteiger partial charge on any atom is -0.329 e. The first-order chi connectivity index (χ1) is 8.94. The fourth-order valence-electron chi connectivity index (χ4n) is 2.23. The first kappa shape index (κ1) is 14.4. The molecule has 4 nitrogen and oxygen atoms in total. The van der Waals surface area contributed by atoms with E-state index >= 15 is 0 Å². The lowest BCUT2D eigenvalue weighted by Crippen LogP contribution is -2.50. The van der Waals surface area contributed by atoms with Gasteiger partial charge in [-0.3, -0.25) is 0 Å². The molecule has 19 heavy (non-hydrogen) atoms. The molecule has 0 bridgehead atoms. The minimum atomic E-state index is -4.35. The molecular formula is C12H20F3N3O. The van der Waals surface area contributed by atoms with Crippen LogP contribution in [0.15, 0.2) is 0 Å². The molecule has 1 aliphatic carbocycles. The molecule has 0 aromatic carbocycles. The summed E-state index contributed by atoms with van der Waals surface area (Å²) in [7, 11) is 0. The van der Waals surface area contributed by atoms with Crippen molar-refractivity contribution in [2.45, 2.75) is 37.9 Å². The van der Waals surface area contributed by atoms with Crippen molar-refractivity contribution >= 4 is 6.03 Å². The average molecular weight is 279 g/mol. The number of urea groups is 1. The zero-order chi connectivity index (χ0) is 13.9. The number of carbonyl (C=O) groups excluding carboxylic acids is 1. The van der Waals surface area contributed by atoms with Gasteiger partial charge in [0.1, 0.15) is 6.54 Å². The predicted octanol–water partition coefficient (Wildman–Crippen LogP) is 1.72. The van der Waals surface area contributed by atoms with Crippen molar-refractivity contribution in [2.24, 2.45) is 5.92 Å². The quantitative estimate of drug-likeness (QED) is 0.823. The van der Waals surface area contributed by atoms with E-state index in [0.717, 1.165) is 25.3 Å². The molecule has 7 heteroatoms. The molecule has 2 N–H and O–H groups in total. The average Bonchev–Trinajstić information content (AvgIpc) is 3.17. The van der Waals surface area contributed by atoms with Gasteiger partial charge >= 0.3 is 12.2 Å². The monoisotopic (exact) mass is 279 g/mol. The predicted molar refractivity (Wildman–Crippen MR) is 64.8 cm³/mol. The molecule has 0 aromatic rings. The van der Waals surface area contributed by atoms with Gasteiger partial charge in [-0.15, -0.1) is 0 Å². The summed E-state index contributed by atoms with van der Waals surface area (Å²) in [6, 6.07) is -0.217. The highest BCUT2D eigenvalue weighted by molar-refractivity contribution is 5.74. The van der Waals surface area contributed by atoms with Crippen LogP contribution in [-0.4, -0.2) is 49.3 Å². The zero-order valence-electron chi connectivity index (χ0n) is 10.8. The van der Waals surface area contributed by atoms with Gasteiger partial charge in [0, 0.05) is 19.1 Å². The van der Waals surface area contributed by atoms with Gasteiger partial charge in [-0.05, 0) is 38.1 Å². The molecular weight excluding hydrogens is 259 g/mol. The summed E-state index contributed by atoms with van der Waals surface area (Å²) >= 11 is 0. The summed E-state index contributed by atoms with van der Waals surface area (Å²) in [5.74, 6) is 0.813. The van der Waals surface area contributed by atoms with E-state index in [1.807, 2.05) is 5.32 Å². The summed E-state index contributed by atoms with van der Waals surface area (Å²) in [5, 5.41) is 5.37. The molecule has 0 radical (unpaired) electrons. The standard InChI is InChI=1S/C12H20F3N3O/c13-12(14,15)8-17-11(19)18-5-3-10(4-6-18)16-7-9-1-2-9/h9-10,16H,1-8H2,(H,17,19). The van der Waals surface area contributed by atoms with Gasteiger partial charge in [0.15, 0.2) is 0 Å². The van der Waals surface area contributed by atoms with Gasteiger partial charge < -0.3 is 15.5 Å². The number of hydrogen-bond acceptors (Lipinski definition) is 2. The van der Waals surface area contributed by atoms with Crippen molar-refractivity contribution in [1.29, 1.82) is 0 Å². The Morgan fingerprint density at radius 1 is 1.16 bits per heavy atom. The molecule has 0 spiro atoms. The van der Waals surface area contributed by atoms with Crippen molar-refractivity contribution in [3.8, 4) is 0 Å². The van der Waals surface area contributed by atoms with Gasteiger partial charge in [-0.25, -0.2) is 4.79 Å². The lowest BCUT2D eigenvalue weighted by Gasteiger charge is -2.32. The fraction of sp³-hybridized carbons (Fsp3) is 0.917. The van der Waals surface area contributed by atoms with Crippen molar-refractivity contribution in [1.82, 2.24) is 15.5 Å². The maximum Gasteiger partial charge on any atom is 0.405 e. The van der Waals surface area contributed by atoms with Crippen LogP contribution in [0.3, 0.4) is 0 Å². The van der Waals surface area contributed by atoms with E-state index in [-0.39, 0.29) is 0 Å². The zero-order valence-corrected chi connectivity index (χ0v) is 10.8. The number of nitrogens with zero attached hydrogens (tertiary/aromatic N) is 1. The summed E-state index contributed by atoms with van der Waals surface area (Å²) in [6.07, 6.45) is -0.129. The second kappa shape index (κ2) is 5.98. The number of halogens is 3. The van der Waals surface area contributed by atoms with Crippen LogP contribution in [0, 0.1) is 5.92 Å². The van der Waals surface area contributed by atoms with Crippen LogP contribution in [0.2, 0.25) is 0 Å². The molecule has 0 unspecified atom stereocenters. The highest BCUT2D eigenvalue weighted by Gasteiger charge is 2.30. The Morgan fingerprint density at radius 3 is 2.32 bits per heavy atom. The van der Waals surface area contributed by atoms with E-state index in [4.69, 9.17) is 0 Å². The lowest BCUT2D eigenvalue weighted by molar-refractivity contribution is -0.123. The van der Waals surface area contributed by atoms with Crippen LogP contribution in [0.1, 0.15) is 25.7 Å². The summed E-state index contributed by atoms with van der Waals surface area (Å²) in [5.41, 5.74) is 0. The van der Waals surface area contributed by atoms with Crippen LogP contribution < -0.4 is 10.6 Å². The number of carbonyl (C=O) groups is 1. The third kappa shape index (κ3) is 5.26. The Hall–Kier alpha value is -0.980. The van der Waals surface area contributed by atoms with E-state index in [2.05, 4.69) is 5.32 Å². The topological polar surface area (TPSA) is 44.4 Å². The molecule has 2 amide bonds. The van der Waals surface area contributed by atoms with Crippen LogP contribution in [0.4, 0.5) is 18.0 Å². The van der Waals surface area contributed by atoms with Crippen molar-refractivity contribution in [3.05, 3.63) is 0 Å². The molecule has 2 fully saturated rings. The smallest absolute Gasteiger partial charge is 0.329 e. The molecule has 1 saturated carbocycles. The van der Waals surface area contributed by atoms with Gasteiger partial charge in [-0.1, -0.05) is 0 Å². The van der Waals surface area contributed by atoms with E-state index in [9.17, 15) is 18.0 Å². The summed E-state index contributed by atoms with van der Waals surface area (Å²) < 4.78 is 36.0. The van der Waals surface area contributed by atoms with Gasteiger partial charge in [0.25, 0.3) is 0 Å². The molecule has 1 aliphatic heterocycles. The Labute approximate surface area is 110 Å². The highest BCUT2D eigenvalue weighted by Crippen LogP contribution is 2.28. The van der Waals surface area contributed by atoms with Crippen molar-refractivity contribution in [2.75, 3.05) is 26.2 Å². The van der Waals surface area contributed by atoms with Crippen molar-refractivity contribution in [3.63, 3.8) is 0 Å². The first-order valence-corrected chi connectivity index (χ1v) is 6.77. The normalized spacial score (nSPS) is 21.5. The molecule has 1 heterocycles. The number of hydrogen-bond donors (Lipinski definition) is 2. The minimum absolute atomic E-state index is 0.396. The van der Waals surface area contributed by atoms with Gasteiger partial charge in [0.2, 0.25) is 0 Å². The Morgan fingerprint density at radius 2 is 1.79 bits per heavy atom. The third-order valence-electron chi connectivity index (χ3n) is 3.61. The van der Waals surface area contributed by atoms with Crippen LogP contribution in [0.25, 0.3) is 0 Å². The van der Waals surface area contributed by atoms with Crippen LogP contribution in [-0.2, 0) is 0 Å². The SMILES string of the molecule is O=C(NCC(F)(F)F)N1CCC(NCC2CC2)CC1. The maximum absolute atomic E-state index is 12.0. The second-order valence-electron chi connectivity index (χ2n) is 5.39. The second-order valence-corrected chi connectivity index (χ2v) is 5.39. The van der Waals surface area contributed by atoms with Gasteiger partial charge in [0.05, 0.1) is 0 Å². The lowest BCUT2D eigenvalue weighted by atomic mass is 10.1. The first-order valence-electron chi connectivity index (χ1n) is 6.77. The molecule has 2 aliphatic rings. The Balaban J connectivity index is 1.62. The fourth-order valence-corrected chi connectivity index (χ4v) is 2.23. The Kier molecular flexibility index (Phi) is 4.54. The van der Waals surface area contributed by atoms with E-state index in [0.29, 0.717) is 19.1 Å². The van der Waals surface area contributed by atoms with Gasteiger partial charge in [-0.2, -0.15) is 13.2 Å². The maximum atomic E-state index is 12.0.